The van der Waals surface area contributed by atoms with Gasteiger partial charge in [0.1, 0.15) is 5.82 Å². The molecule has 0 spiro atoms. The minimum absolute atomic E-state index is 0.0620. The van der Waals surface area contributed by atoms with Gasteiger partial charge in [0.2, 0.25) is 0 Å². The van der Waals surface area contributed by atoms with E-state index < -0.39 is 0 Å². The summed E-state index contributed by atoms with van der Waals surface area (Å²) in [6.07, 6.45) is 0.542. The predicted molar refractivity (Wildman–Crippen MR) is 87.0 cm³/mol. The Morgan fingerprint density at radius 2 is 1.90 bits per heavy atom. The largest absolute Gasteiger partial charge is 0.370 e. The van der Waals surface area contributed by atoms with Gasteiger partial charge in [0.25, 0.3) is 0 Å². The van der Waals surface area contributed by atoms with Gasteiger partial charge in [0.15, 0.2) is 0 Å². The SMILES string of the molecule is Cc1cccc(CN(C)c2cccc(F)c2CC(C)N)c1. The standard InChI is InChI=1S/C18H23FN2/c1-13-6-4-7-15(10-13)12-21(3)18-9-5-8-17(19)16(18)11-14(2)20/h4-10,14H,11-12,20H2,1-3H3. The molecule has 0 aliphatic rings. The van der Waals surface area contributed by atoms with Crippen LogP contribution in [0.25, 0.3) is 0 Å². The number of aryl methyl sites for hydroxylation is 1. The predicted octanol–water partition coefficient (Wildman–Crippen LogP) is 3.66. The zero-order valence-electron chi connectivity index (χ0n) is 12.9. The van der Waals surface area contributed by atoms with Crippen molar-refractivity contribution in [2.24, 2.45) is 5.73 Å². The van der Waals surface area contributed by atoms with Crippen LogP contribution in [0.3, 0.4) is 0 Å². The van der Waals surface area contributed by atoms with Crippen molar-refractivity contribution in [3.8, 4) is 0 Å². The van der Waals surface area contributed by atoms with Crippen LogP contribution in [0.1, 0.15) is 23.6 Å². The first kappa shape index (κ1) is 15.5. The second-order valence-corrected chi connectivity index (χ2v) is 5.76. The summed E-state index contributed by atoms with van der Waals surface area (Å²) in [7, 11) is 1.99. The maximum atomic E-state index is 14.1. The molecular formula is C18H23FN2. The second-order valence-electron chi connectivity index (χ2n) is 5.76. The van der Waals surface area contributed by atoms with E-state index in [1.54, 1.807) is 6.07 Å². The number of halogens is 1. The van der Waals surface area contributed by atoms with Crippen molar-refractivity contribution in [3.63, 3.8) is 0 Å². The van der Waals surface area contributed by atoms with Crippen LogP contribution >= 0.6 is 0 Å². The van der Waals surface area contributed by atoms with Crippen LogP contribution in [0.15, 0.2) is 42.5 Å². The molecule has 0 fully saturated rings. The lowest BCUT2D eigenvalue weighted by Gasteiger charge is -2.24. The normalized spacial score (nSPS) is 12.2. The smallest absolute Gasteiger partial charge is 0.128 e. The minimum atomic E-state index is -0.180. The third-order valence-corrected chi connectivity index (χ3v) is 3.53. The Kier molecular flexibility index (Phi) is 4.97. The Labute approximate surface area is 126 Å². The lowest BCUT2D eigenvalue weighted by atomic mass is 10.0. The molecule has 1 unspecified atom stereocenters. The summed E-state index contributed by atoms with van der Waals surface area (Å²) in [5, 5.41) is 0. The van der Waals surface area contributed by atoms with Crippen LogP contribution in [0.4, 0.5) is 10.1 Å². The van der Waals surface area contributed by atoms with E-state index in [2.05, 4.69) is 30.0 Å². The van der Waals surface area contributed by atoms with Crippen LogP contribution in [0.2, 0.25) is 0 Å². The van der Waals surface area contributed by atoms with Crippen LogP contribution < -0.4 is 10.6 Å². The van der Waals surface area contributed by atoms with Gasteiger partial charge < -0.3 is 10.6 Å². The van der Waals surface area contributed by atoms with E-state index in [-0.39, 0.29) is 11.9 Å². The van der Waals surface area contributed by atoms with E-state index in [4.69, 9.17) is 5.73 Å². The van der Waals surface area contributed by atoms with E-state index in [9.17, 15) is 4.39 Å². The second kappa shape index (κ2) is 6.72. The fourth-order valence-corrected chi connectivity index (χ4v) is 2.60. The average molecular weight is 286 g/mol. The Morgan fingerprint density at radius 3 is 2.57 bits per heavy atom. The number of anilines is 1. The number of hydrogen-bond donors (Lipinski definition) is 1. The lowest BCUT2D eigenvalue weighted by molar-refractivity contribution is 0.595. The molecule has 21 heavy (non-hydrogen) atoms. The van der Waals surface area contributed by atoms with Crippen LogP contribution in [0, 0.1) is 12.7 Å². The highest BCUT2D eigenvalue weighted by atomic mass is 19.1. The summed E-state index contributed by atoms with van der Waals surface area (Å²) < 4.78 is 14.1. The molecule has 0 radical (unpaired) electrons. The molecule has 0 amide bonds. The van der Waals surface area contributed by atoms with E-state index in [0.717, 1.165) is 12.2 Å². The molecule has 112 valence electrons. The number of rotatable bonds is 5. The fraction of sp³-hybridized carbons (Fsp3) is 0.333. The molecular weight excluding hydrogens is 263 g/mol. The van der Waals surface area contributed by atoms with Gasteiger partial charge in [-0.15, -0.1) is 0 Å². The molecule has 3 heteroatoms. The summed E-state index contributed by atoms with van der Waals surface area (Å²) in [6.45, 7) is 4.72. The molecule has 2 rings (SSSR count). The first-order chi connectivity index (χ1) is 9.97. The summed E-state index contributed by atoms with van der Waals surface area (Å²) in [5.41, 5.74) is 9.91. The third-order valence-electron chi connectivity index (χ3n) is 3.53. The van der Waals surface area contributed by atoms with Gasteiger partial charge in [-0.25, -0.2) is 4.39 Å². The van der Waals surface area contributed by atoms with E-state index in [1.807, 2.05) is 26.1 Å². The Hall–Kier alpha value is -1.87. The molecule has 2 N–H and O–H groups in total. The lowest BCUT2D eigenvalue weighted by Crippen LogP contribution is -2.23. The highest BCUT2D eigenvalue weighted by Gasteiger charge is 2.13. The molecule has 0 saturated heterocycles. The van der Waals surface area contributed by atoms with Gasteiger partial charge in [-0.05, 0) is 38.0 Å². The van der Waals surface area contributed by atoms with Crippen molar-refractivity contribution in [3.05, 3.63) is 65.0 Å². The van der Waals surface area contributed by atoms with Crippen molar-refractivity contribution in [1.29, 1.82) is 0 Å². The molecule has 2 aromatic carbocycles. The van der Waals surface area contributed by atoms with Crippen molar-refractivity contribution >= 4 is 5.69 Å². The molecule has 0 heterocycles. The summed E-state index contributed by atoms with van der Waals surface area (Å²) in [5.74, 6) is -0.180. The van der Waals surface area contributed by atoms with Gasteiger partial charge in [-0.3, -0.25) is 0 Å². The molecule has 1 atom stereocenters. The van der Waals surface area contributed by atoms with Crippen LogP contribution in [0.5, 0.6) is 0 Å². The molecule has 2 nitrogen and oxygen atoms in total. The number of benzene rings is 2. The van der Waals surface area contributed by atoms with Crippen molar-refractivity contribution in [2.75, 3.05) is 11.9 Å². The van der Waals surface area contributed by atoms with Gasteiger partial charge in [-0.1, -0.05) is 35.9 Å². The Bertz CT molecular complexity index is 608. The summed E-state index contributed by atoms with van der Waals surface area (Å²) in [4.78, 5) is 2.08. The van der Waals surface area contributed by atoms with Gasteiger partial charge in [-0.2, -0.15) is 0 Å². The molecule has 0 bridgehead atoms. The quantitative estimate of drug-likeness (QED) is 0.909. The number of hydrogen-bond acceptors (Lipinski definition) is 2. The average Bonchev–Trinajstić information content (AvgIpc) is 2.40. The van der Waals surface area contributed by atoms with Gasteiger partial charge in [0.05, 0.1) is 0 Å². The maximum absolute atomic E-state index is 14.1. The van der Waals surface area contributed by atoms with E-state index >= 15 is 0 Å². The Balaban J connectivity index is 2.26. The van der Waals surface area contributed by atoms with Crippen molar-refractivity contribution in [2.45, 2.75) is 32.9 Å². The van der Waals surface area contributed by atoms with Crippen molar-refractivity contribution < 1.29 is 4.39 Å². The van der Waals surface area contributed by atoms with Crippen molar-refractivity contribution in [1.82, 2.24) is 0 Å². The van der Waals surface area contributed by atoms with E-state index in [0.29, 0.717) is 12.0 Å². The molecule has 0 aliphatic heterocycles. The zero-order chi connectivity index (χ0) is 15.4. The topological polar surface area (TPSA) is 29.3 Å². The molecule has 0 aromatic heterocycles. The van der Waals surface area contributed by atoms with Crippen LogP contribution in [-0.2, 0) is 13.0 Å². The number of nitrogens with zero attached hydrogens (tertiary/aromatic N) is 1. The van der Waals surface area contributed by atoms with Gasteiger partial charge in [0, 0.05) is 30.9 Å². The summed E-state index contributed by atoms with van der Waals surface area (Å²) >= 11 is 0. The first-order valence-electron chi connectivity index (χ1n) is 7.27. The van der Waals surface area contributed by atoms with E-state index in [1.165, 1.54) is 17.2 Å². The highest BCUT2D eigenvalue weighted by Crippen LogP contribution is 2.25. The highest BCUT2D eigenvalue weighted by molar-refractivity contribution is 5.54. The molecule has 0 aliphatic carbocycles. The third kappa shape index (κ3) is 4.05. The first-order valence-corrected chi connectivity index (χ1v) is 7.27. The van der Waals surface area contributed by atoms with Gasteiger partial charge >= 0.3 is 0 Å². The van der Waals surface area contributed by atoms with Crippen LogP contribution in [-0.4, -0.2) is 13.1 Å². The Morgan fingerprint density at radius 1 is 1.19 bits per heavy atom. The fourth-order valence-electron chi connectivity index (χ4n) is 2.60. The molecule has 2 aromatic rings. The monoisotopic (exact) mass is 286 g/mol. The number of nitrogens with two attached hydrogens (primary N) is 1. The zero-order valence-corrected chi connectivity index (χ0v) is 12.9. The maximum Gasteiger partial charge on any atom is 0.128 e. The minimum Gasteiger partial charge on any atom is -0.370 e. The summed E-state index contributed by atoms with van der Waals surface area (Å²) in [6, 6.07) is 13.5. The molecule has 0 saturated carbocycles.